The van der Waals surface area contributed by atoms with Crippen LogP contribution in [0.3, 0.4) is 0 Å². The zero-order chi connectivity index (χ0) is 13.5. The van der Waals surface area contributed by atoms with E-state index in [9.17, 15) is 4.79 Å². The van der Waals surface area contributed by atoms with Crippen molar-refractivity contribution in [3.8, 4) is 11.5 Å². The van der Waals surface area contributed by atoms with Crippen LogP contribution in [-0.4, -0.2) is 25.3 Å². The molecular weight excluding hydrogens is 244 g/mol. The van der Waals surface area contributed by atoms with E-state index in [4.69, 9.17) is 9.47 Å². The Bertz CT molecular complexity index is 446. The highest BCUT2D eigenvalue weighted by atomic mass is 16.5. The standard InChI is InChI=1S/C14H18N2O3/c1-18-12-6-8-13(9-7-12)19-10-14(17)16-15-11-4-2-3-5-11/h6-9H,2-5,10H2,1H3,(H,16,17). The molecule has 1 fully saturated rings. The maximum atomic E-state index is 11.5. The SMILES string of the molecule is COc1ccc(OCC(=O)NN=C2CCCC2)cc1. The first kappa shape index (κ1) is 13.4. The van der Waals surface area contributed by atoms with E-state index < -0.39 is 0 Å². The number of amides is 1. The van der Waals surface area contributed by atoms with E-state index >= 15 is 0 Å². The Morgan fingerprint density at radius 1 is 1.21 bits per heavy atom. The average molecular weight is 262 g/mol. The molecule has 0 radical (unpaired) electrons. The number of methoxy groups -OCH3 is 1. The molecule has 5 nitrogen and oxygen atoms in total. The van der Waals surface area contributed by atoms with E-state index in [-0.39, 0.29) is 12.5 Å². The van der Waals surface area contributed by atoms with Crippen LogP contribution < -0.4 is 14.9 Å². The Labute approximate surface area is 112 Å². The van der Waals surface area contributed by atoms with Crippen molar-refractivity contribution in [3.63, 3.8) is 0 Å². The van der Waals surface area contributed by atoms with E-state index in [2.05, 4.69) is 10.5 Å². The number of hydrogen-bond donors (Lipinski definition) is 1. The molecule has 0 heterocycles. The Morgan fingerprint density at radius 3 is 2.47 bits per heavy atom. The molecule has 1 aliphatic carbocycles. The normalized spacial score (nSPS) is 14.1. The first-order valence-electron chi connectivity index (χ1n) is 6.39. The predicted octanol–water partition coefficient (Wildman–Crippen LogP) is 2.12. The molecule has 0 aromatic heterocycles. The van der Waals surface area contributed by atoms with Crippen LogP contribution in [-0.2, 0) is 4.79 Å². The van der Waals surface area contributed by atoms with Gasteiger partial charge in [-0.05, 0) is 49.9 Å². The van der Waals surface area contributed by atoms with Crippen LogP contribution in [0.2, 0.25) is 0 Å². The van der Waals surface area contributed by atoms with E-state index in [1.165, 1.54) is 0 Å². The predicted molar refractivity (Wildman–Crippen MR) is 72.5 cm³/mol. The number of nitrogens with one attached hydrogen (secondary N) is 1. The minimum absolute atomic E-state index is 0.0386. The highest BCUT2D eigenvalue weighted by Gasteiger charge is 2.09. The zero-order valence-corrected chi connectivity index (χ0v) is 11.0. The van der Waals surface area contributed by atoms with Gasteiger partial charge in [0.2, 0.25) is 0 Å². The molecule has 0 atom stereocenters. The van der Waals surface area contributed by atoms with Gasteiger partial charge in [-0.2, -0.15) is 5.10 Å². The number of carbonyl (C=O) groups excluding carboxylic acids is 1. The molecule has 1 amide bonds. The number of carbonyl (C=O) groups is 1. The summed E-state index contributed by atoms with van der Waals surface area (Å²) < 4.78 is 10.4. The van der Waals surface area contributed by atoms with E-state index in [1.54, 1.807) is 31.4 Å². The fourth-order valence-corrected chi connectivity index (χ4v) is 1.89. The molecule has 0 aliphatic heterocycles. The molecule has 1 aromatic rings. The summed E-state index contributed by atoms with van der Waals surface area (Å²) in [4.78, 5) is 11.5. The lowest BCUT2D eigenvalue weighted by molar-refractivity contribution is -0.123. The third-order valence-electron chi connectivity index (χ3n) is 2.95. The van der Waals surface area contributed by atoms with Gasteiger partial charge < -0.3 is 9.47 Å². The number of rotatable bonds is 5. The Morgan fingerprint density at radius 2 is 1.84 bits per heavy atom. The molecule has 5 heteroatoms. The van der Waals surface area contributed by atoms with Crippen LogP contribution in [0.15, 0.2) is 29.4 Å². The fourth-order valence-electron chi connectivity index (χ4n) is 1.89. The van der Waals surface area contributed by atoms with Crippen LogP contribution in [0, 0.1) is 0 Å². The lowest BCUT2D eigenvalue weighted by Gasteiger charge is -2.06. The molecule has 1 aliphatic rings. The first-order valence-corrected chi connectivity index (χ1v) is 6.39. The Kier molecular flexibility index (Phi) is 4.78. The largest absolute Gasteiger partial charge is 0.497 e. The molecule has 1 saturated carbocycles. The average Bonchev–Trinajstić information content (AvgIpc) is 2.96. The summed E-state index contributed by atoms with van der Waals surface area (Å²) in [6.07, 6.45) is 4.30. The van der Waals surface area contributed by atoms with Crippen molar-refractivity contribution < 1.29 is 14.3 Å². The number of hydrogen-bond acceptors (Lipinski definition) is 4. The second-order valence-corrected chi connectivity index (χ2v) is 4.38. The smallest absolute Gasteiger partial charge is 0.277 e. The molecule has 1 aromatic carbocycles. The topological polar surface area (TPSA) is 59.9 Å². The summed E-state index contributed by atoms with van der Waals surface area (Å²) in [6.45, 7) is -0.0386. The minimum Gasteiger partial charge on any atom is -0.497 e. The monoisotopic (exact) mass is 262 g/mol. The molecule has 0 unspecified atom stereocenters. The summed E-state index contributed by atoms with van der Waals surface area (Å²) >= 11 is 0. The number of ether oxygens (including phenoxy) is 2. The molecule has 19 heavy (non-hydrogen) atoms. The quantitative estimate of drug-likeness (QED) is 0.827. The molecule has 0 saturated heterocycles. The Hall–Kier alpha value is -2.04. The highest BCUT2D eigenvalue weighted by molar-refractivity contribution is 5.87. The van der Waals surface area contributed by atoms with Gasteiger partial charge in [0.1, 0.15) is 11.5 Å². The second-order valence-electron chi connectivity index (χ2n) is 4.38. The number of nitrogens with zero attached hydrogens (tertiary/aromatic N) is 1. The van der Waals surface area contributed by atoms with Crippen molar-refractivity contribution in [2.45, 2.75) is 25.7 Å². The van der Waals surface area contributed by atoms with Gasteiger partial charge in [-0.25, -0.2) is 5.43 Å². The molecule has 2 rings (SSSR count). The fraction of sp³-hybridized carbons (Fsp3) is 0.429. The molecule has 102 valence electrons. The van der Waals surface area contributed by atoms with Crippen LogP contribution in [0.1, 0.15) is 25.7 Å². The van der Waals surface area contributed by atoms with Crippen molar-refractivity contribution in [1.82, 2.24) is 5.43 Å². The van der Waals surface area contributed by atoms with Gasteiger partial charge >= 0.3 is 0 Å². The lowest BCUT2D eigenvalue weighted by Crippen LogP contribution is -2.25. The van der Waals surface area contributed by atoms with Crippen LogP contribution in [0.5, 0.6) is 11.5 Å². The molecule has 0 bridgehead atoms. The van der Waals surface area contributed by atoms with Crippen LogP contribution >= 0.6 is 0 Å². The summed E-state index contributed by atoms with van der Waals surface area (Å²) in [5.74, 6) is 1.14. The minimum atomic E-state index is -0.241. The van der Waals surface area contributed by atoms with Crippen molar-refractivity contribution in [1.29, 1.82) is 0 Å². The summed E-state index contributed by atoms with van der Waals surface area (Å²) in [5, 5.41) is 4.08. The van der Waals surface area contributed by atoms with Crippen molar-refractivity contribution in [3.05, 3.63) is 24.3 Å². The Balaban J connectivity index is 1.74. The number of benzene rings is 1. The van der Waals surface area contributed by atoms with Crippen molar-refractivity contribution in [2.75, 3.05) is 13.7 Å². The summed E-state index contributed by atoms with van der Waals surface area (Å²) in [7, 11) is 1.60. The maximum absolute atomic E-state index is 11.5. The van der Waals surface area contributed by atoms with E-state index in [1.807, 2.05) is 0 Å². The maximum Gasteiger partial charge on any atom is 0.277 e. The molecule has 0 spiro atoms. The summed E-state index contributed by atoms with van der Waals surface area (Å²) in [6, 6.07) is 7.09. The number of hydrazone groups is 1. The van der Waals surface area contributed by atoms with Gasteiger partial charge in [0.25, 0.3) is 5.91 Å². The van der Waals surface area contributed by atoms with Gasteiger partial charge in [-0.15, -0.1) is 0 Å². The van der Waals surface area contributed by atoms with Crippen LogP contribution in [0.4, 0.5) is 0 Å². The third kappa shape index (κ3) is 4.28. The van der Waals surface area contributed by atoms with Gasteiger partial charge in [-0.1, -0.05) is 0 Å². The van der Waals surface area contributed by atoms with Gasteiger partial charge in [0, 0.05) is 5.71 Å². The first-order chi connectivity index (χ1) is 9.28. The van der Waals surface area contributed by atoms with Crippen molar-refractivity contribution >= 4 is 11.6 Å². The third-order valence-corrected chi connectivity index (χ3v) is 2.95. The lowest BCUT2D eigenvalue weighted by atomic mass is 10.3. The molecular formula is C14H18N2O3. The van der Waals surface area contributed by atoms with Gasteiger partial charge in [0.15, 0.2) is 6.61 Å². The zero-order valence-electron chi connectivity index (χ0n) is 11.0. The van der Waals surface area contributed by atoms with Gasteiger partial charge in [0.05, 0.1) is 7.11 Å². The summed E-state index contributed by atoms with van der Waals surface area (Å²) in [5.41, 5.74) is 3.58. The van der Waals surface area contributed by atoms with Crippen molar-refractivity contribution in [2.24, 2.45) is 5.10 Å². The van der Waals surface area contributed by atoms with E-state index in [0.717, 1.165) is 37.1 Å². The highest BCUT2D eigenvalue weighted by Crippen LogP contribution is 2.17. The van der Waals surface area contributed by atoms with Crippen LogP contribution in [0.25, 0.3) is 0 Å². The van der Waals surface area contributed by atoms with Gasteiger partial charge in [-0.3, -0.25) is 4.79 Å². The molecule has 1 N–H and O–H groups in total. The van der Waals surface area contributed by atoms with E-state index in [0.29, 0.717) is 5.75 Å². The second kappa shape index (κ2) is 6.78.